The molecule has 22 heavy (non-hydrogen) atoms. The van der Waals surface area contributed by atoms with Crippen LogP contribution in [0.4, 0.5) is 4.79 Å². The summed E-state index contributed by atoms with van der Waals surface area (Å²) in [6, 6.07) is 0. The Kier molecular flexibility index (Phi) is 11.3. The Bertz CT molecular complexity index is 365. The highest BCUT2D eigenvalue weighted by atomic mass is 35.5. The first-order chi connectivity index (χ1) is 10.4. The molecule has 0 aromatic rings. The van der Waals surface area contributed by atoms with Gasteiger partial charge in [0.05, 0.1) is 12.5 Å². The number of carbonyl (C=O) groups is 3. The summed E-state index contributed by atoms with van der Waals surface area (Å²) < 4.78 is 9.80. The lowest BCUT2D eigenvalue weighted by Crippen LogP contribution is -2.41. The molecule has 0 aliphatic carbocycles. The molecule has 0 heterocycles. The van der Waals surface area contributed by atoms with Crippen LogP contribution in [0.1, 0.15) is 26.2 Å². The number of likely N-dealkylation sites (N-methyl/N-ethyl adjacent to an activating group) is 2. The molecule has 7 nitrogen and oxygen atoms in total. The van der Waals surface area contributed by atoms with Crippen LogP contribution in [0.15, 0.2) is 0 Å². The van der Waals surface area contributed by atoms with Crippen molar-refractivity contribution in [3.05, 3.63) is 0 Å². The zero-order chi connectivity index (χ0) is 17.0. The van der Waals surface area contributed by atoms with Crippen molar-refractivity contribution in [2.24, 2.45) is 0 Å². The van der Waals surface area contributed by atoms with Crippen LogP contribution in [0.3, 0.4) is 0 Å². The van der Waals surface area contributed by atoms with Crippen LogP contribution in [0.2, 0.25) is 0 Å². The molecular formula is C14H25ClN2O5. The molecule has 0 radical (unpaired) electrons. The quantitative estimate of drug-likeness (QED) is 0.343. The molecule has 128 valence electrons. The molecule has 0 aliphatic rings. The number of hydrogen-bond donors (Lipinski definition) is 0. The normalized spacial score (nSPS) is 10.0. The van der Waals surface area contributed by atoms with E-state index in [4.69, 9.17) is 21.1 Å². The van der Waals surface area contributed by atoms with Crippen LogP contribution in [0.5, 0.6) is 0 Å². The highest BCUT2D eigenvalue weighted by Gasteiger charge is 2.19. The van der Waals surface area contributed by atoms with Gasteiger partial charge in [-0.3, -0.25) is 9.59 Å². The van der Waals surface area contributed by atoms with E-state index in [2.05, 4.69) is 6.92 Å². The summed E-state index contributed by atoms with van der Waals surface area (Å²) >= 11 is 5.40. The second kappa shape index (κ2) is 12.1. The van der Waals surface area contributed by atoms with Crippen LogP contribution >= 0.6 is 11.6 Å². The van der Waals surface area contributed by atoms with Crippen LogP contribution < -0.4 is 0 Å². The number of nitrogens with zero attached hydrogens (tertiary/aromatic N) is 2. The molecule has 0 fully saturated rings. The maximum Gasteiger partial charge on any atom is 0.410 e. The number of rotatable bonds is 10. The first-order valence-electron chi connectivity index (χ1n) is 7.25. The van der Waals surface area contributed by atoms with Crippen molar-refractivity contribution in [2.45, 2.75) is 26.2 Å². The minimum atomic E-state index is -0.635. The molecular weight excluding hydrogens is 312 g/mol. The van der Waals surface area contributed by atoms with Gasteiger partial charge >= 0.3 is 12.1 Å². The van der Waals surface area contributed by atoms with Crippen LogP contribution in [-0.4, -0.2) is 74.0 Å². The van der Waals surface area contributed by atoms with Crippen molar-refractivity contribution in [1.82, 2.24) is 9.80 Å². The van der Waals surface area contributed by atoms with E-state index in [1.165, 1.54) is 19.0 Å². The number of hydrogen-bond acceptors (Lipinski definition) is 5. The highest BCUT2D eigenvalue weighted by molar-refractivity contribution is 6.18. The molecule has 0 aromatic heterocycles. The fourth-order valence-electron chi connectivity index (χ4n) is 1.49. The van der Waals surface area contributed by atoms with Crippen molar-refractivity contribution in [3.63, 3.8) is 0 Å². The molecule has 0 saturated carbocycles. The first-order valence-corrected chi connectivity index (χ1v) is 7.79. The molecule has 0 aliphatic heterocycles. The third-order valence-electron chi connectivity index (χ3n) is 2.79. The van der Waals surface area contributed by atoms with Crippen molar-refractivity contribution in [3.8, 4) is 0 Å². The lowest BCUT2D eigenvalue weighted by atomic mass is 10.3. The minimum Gasteiger partial charge on any atom is -0.464 e. The number of alkyl halides is 1. The highest BCUT2D eigenvalue weighted by Crippen LogP contribution is 1.97. The van der Waals surface area contributed by atoms with E-state index in [-0.39, 0.29) is 31.5 Å². The maximum atomic E-state index is 11.9. The second-order valence-corrected chi connectivity index (χ2v) is 5.21. The fraction of sp³-hybridized carbons (Fsp3) is 0.786. The predicted octanol–water partition coefficient (Wildman–Crippen LogP) is 1.49. The molecule has 8 heteroatoms. The SMILES string of the molecule is CCCCCOC(=O)CN(C)C(=O)CN(C)C(=O)OCCCl. The molecule has 0 rings (SSSR count). The van der Waals surface area contributed by atoms with Gasteiger partial charge in [-0.25, -0.2) is 4.79 Å². The maximum absolute atomic E-state index is 11.9. The van der Waals surface area contributed by atoms with Crippen molar-refractivity contribution < 1.29 is 23.9 Å². The molecule has 0 N–H and O–H groups in total. The molecule has 0 unspecified atom stereocenters. The number of amides is 2. The average molecular weight is 337 g/mol. The smallest absolute Gasteiger partial charge is 0.410 e. The standard InChI is InChI=1S/C14H25ClN2O5/c1-4-5-6-8-21-13(19)11-16(2)12(18)10-17(3)14(20)22-9-7-15/h4-11H2,1-3H3. The molecule has 0 atom stereocenters. The van der Waals surface area contributed by atoms with Gasteiger partial charge < -0.3 is 19.3 Å². The summed E-state index contributed by atoms with van der Waals surface area (Å²) in [5.74, 6) is -0.646. The van der Waals surface area contributed by atoms with Gasteiger partial charge in [-0.1, -0.05) is 19.8 Å². The van der Waals surface area contributed by atoms with E-state index in [0.29, 0.717) is 6.61 Å². The molecule has 0 bridgehead atoms. The van der Waals surface area contributed by atoms with E-state index in [0.717, 1.165) is 24.2 Å². The summed E-state index contributed by atoms with van der Waals surface area (Å²) in [6.07, 6.45) is 2.22. The number of carbonyl (C=O) groups excluding carboxylic acids is 3. The number of esters is 1. The van der Waals surface area contributed by atoms with Gasteiger partial charge in [-0.15, -0.1) is 11.6 Å². The van der Waals surface area contributed by atoms with E-state index in [1.54, 1.807) is 0 Å². The minimum absolute atomic E-state index is 0.0822. The largest absolute Gasteiger partial charge is 0.464 e. The lowest BCUT2D eigenvalue weighted by Gasteiger charge is -2.21. The van der Waals surface area contributed by atoms with Gasteiger partial charge in [0.2, 0.25) is 5.91 Å². The zero-order valence-electron chi connectivity index (χ0n) is 13.5. The van der Waals surface area contributed by atoms with E-state index < -0.39 is 12.1 Å². The summed E-state index contributed by atoms with van der Waals surface area (Å²) in [5.41, 5.74) is 0. The third kappa shape index (κ3) is 9.44. The molecule has 0 spiro atoms. The summed E-state index contributed by atoms with van der Waals surface area (Å²) in [4.78, 5) is 37.2. The second-order valence-electron chi connectivity index (χ2n) is 4.84. The molecule has 2 amide bonds. The summed E-state index contributed by atoms with van der Waals surface area (Å²) in [5, 5.41) is 0. The topological polar surface area (TPSA) is 76.2 Å². The zero-order valence-corrected chi connectivity index (χ0v) is 14.2. The Hall–Kier alpha value is -1.50. The van der Waals surface area contributed by atoms with Gasteiger partial charge in [0.1, 0.15) is 19.7 Å². The van der Waals surface area contributed by atoms with Gasteiger partial charge in [0, 0.05) is 14.1 Å². The van der Waals surface area contributed by atoms with Crippen LogP contribution in [-0.2, 0) is 19.1 Å². The first kappa shape index (κ1) is 20.5. The lowest BCUT2D eigenvalue weighted by molar-refractivity contribution is -0.148. The third-order valence-corrected chi connectivity index (χ3v) is 2.94. The average Bonchev–Trinajstić information content (AvgIpc) is 2.48. The monoisotopic (exact) mass is 336 g/mol. The van der Waals surface area contributed by atoms with Gasteiger partial charge in [-0.2, -0.15) is 0 Å². The van der Waals surface area contributed by atoms with Gasteiger partial charge in [-0.05, 0) is 6.42 Å². The summed E-state index contributed by atoms with van der Waals surface area (Å²) in [6.45, 7) is 2.18. The van der Waals surface area contributed by atoms with Crippen molar-refractivity contribution in [1.29, 1.82) is 0 Å². The number of halogens is 1. The summed E-state index contributed by atoms with van der Waals surface area (Å²) in [7, 11) is 2.92. The van der Waals surface area contributed by atoms with Crippen molar-refractivity contribution >= 4 is 29.6 Å². The Balaban J connectivity index is 4.04. The van der Waals surface area contributed by atoms with Crippen LogP contribution in [0.25, 0.3) is 0 Å². The number of unbranched alkanes of at least 4 members (excludes halogenated alkanes) is 2. The van der Waals surface area contributed by atoms with E-state index in [1.807, 2.05) is 0 Å². The molecule has 0 aromatic carbocycles. The number of ether oxygens (including phenoxy) is 2. The van der Waals surface area contributed by atoms with E-state index >= 15 is 0 Å². The predicted molar refractivity (Wildman–Crippen MR) is 82.8 cm³/mol. The Morgan fingerprint density at radius 2 is 1.64 bits per heavy atom. The van der Waals surface area contributed by atoms with E-state index in [9.17, 15) is 14.4 Å². The van der Waals surface area contributed by atoms with Gasteiger partial charge in [0.25, 0.3) is 0 Å². The molecule has 0 saturated heterocycles. The Labute approximate surface area is 136 Å². The Morgan fingerprint density at radius 3 is 2.23 bits per heavy atom. The fourth-order valence-corrected chi connectivity index (χ4v) is 1.57. The van der Waals surface area contributed by atoms with Crippen LogP contribution in [0, 0.1) is 0 Å². The Morgan fingerprint density at radius 1 is 0.955 bits per heavy atom. The van der Waals surface area contributed by atoms with Gasteiger partial charge in [0.15, 0.2) is 0 Å². The van der Waals surface area contributed by atoms with Crippen molar-refractivity contribution in [2.75, 3.05) is 46.3 Å².